The number of rotatable bonds is 6. The standard InChI is InChI=1S/C11H13F4NO.ClH/c12-10(13)5-4-9(16)7-2-1-3-8(6-7)17-11(14)15;/h1-3,6,9-11H,4-5,16H2;1H/t9-;/m0./s1. The van der Waals surface area contributed by atoms with Crippen LogP contribution in [0.25, 0.3) is 0 Å². The highest BCUT2D eigenvalue weighted by molar-refractivity contribution is 5.85. The summed E-state index contributed by atoms with van der Waals surface area (Å²) in [5, 5.41) is 0. The monoisotopic (exact) mass is 287 g/mol. The smallest absolute Gasteiger partial charge is 0.387 e. The Morgan fingerprint density at radius 2 is 1.78 bits per heavy atom. The zero-order valence-corrected chi connectivity index (χ0v) is 10.2. The minimum absolute atomic E-state index is 0. The molecule has 0 radical (unpaired) electrons. The molecule has 2 nitrogen and oxygen atoms in total. The Morgan fingerprint density at radius 3 is 2.33 bits per heavy atom. The highest BCUT2D eigenvalue weighted by atomic mass is 35.5. The lowest BCUT2D eigenvalue weighted by Gasteiger charge is -2.13. The molecule has 0 fully saturated rings. The third kappa shape index (κ3) is 6.07. The summed E-state index contributed by atoms with van der Waals surface area (Å²) < 4.78 is 52.1. The molecule has 0 spiro atoms. The molecule has 0 unspecified atom stereocenters. The SMILES string of the molecule is Cl.N[C@@H](CCC(F)F)c1cccc(OC(F)F)c1. The Labute approximate surface area is 109 Å². The number of alkyl halides is 4. The number of halogens is 5. The van der Waals surface area contributed by atoms with Crippen molar-refractivity contribution < 1.29 is 22.3 Å². The highest BCUT2D eigenvalue weighted by Crippen LogP contribution is 2.23. The summed E-state index contributed by atoms with van der Waals surface area (Å²) >= 11 is 0. The van der Waals surface area contributed by atoms with Crippen LogP contribution < -0.4 is 10.5 Å². The Balaban J connectivity index is 0.00000289. The van der Waals surface area contributed by atoms with Crippen LogP contribution >= 0.6 is 12.4 Å². The minimum Gasteiger partial charge on any atom is -0.435 e. The topological polar surface area (TPSA) is 35.2 Å². The molecule has 0 heterocycles. The van der Waals surface area contributed by atoms with Crippen molar-refractivity contribution in [3.8, 4) is 5.75 Å². The molecule has 7 heteroatoms. The molecule has 0 aliphatic rings. The lowest BCUT2D eigenvalue weighted by atomic mass is 10.0. The van der Waals surface area contributed by atoms with Gasteiger partial charge >= 0.3 is 6.61 Å². The van der Waals surface area contributed by atoms with Crippen molar-refractivity contribution >= 4 is 12.4 Å². The maximum atomic E-state index is 12.0. The van der Waals surface area contributed by atoms with Gasteiger partial charge in [0.15, 0.2) is 0 Å². The fraction of sp³-hybridized carbons (Fsp3) is 0.455. The van der Waals surface area contributed by atoms with E-state index >= 15 is 0 Å². The van der Waals surface area contributed by atoms with Crippen LogP contribution in [0.3, 0.4) is 0 Å². The molecular weight excluding hydrogens is 274 g/mol. The van der Waals surface area contributed by atoms with Crippen LogP contribution in [-0.2, 0) is 0 Å². The quantitative estimate of drug-likeness (QED) is 0.809. The van der Waals surface area contributed by atoms with Gasteiger partial charge in [-0.25, -0.2) is 8.78 Å². The summed E-state index contributed by atoms with van der Waals surface area (Å²) in [5.41, 5.74) is 6.17. The van der Waals surface area contributed by atoms with Crippen LogP contribution in [0.1, 0.15) is 24.4 Å². The molecular formula is C11H14ClF4NO. The summed E-state index contributed by atoms with van der Waals surface area (Å²) in [4.78, 5) is 0. The molecule has 0 aliphatic carbocycles. The molecule has 0 aromatic heterocycles. The number of hydrogen-bond donors (Lipinski definition) is 1. The van der Waals surface area contributed by atoms with Crippen LogP contribution in [0.2, 0.25) is 0 Å². The molecule has 1 atom stereocenters. The second kappa shape index (κ2) is 8.16. The molecule has 1 aromatic carbocycles. The van der Waals surface area contributed by atoms with Gasteiger partial charge < -0.3 is 10.5 Å². The lowest BCUT2D eigenvalue weighted by molar-refractivity contribution is -0.0499. The maximum absolute atomic E-state index is 12.0. The number of ether oxygens (including phenoxy) is 1. The largest absolute Gasteiger partial charge is 0.435 e. The second-order valence-electron chi connectivity index (χ2n) is 3.53. The number of benzene rings is 1. The van der Waals surface area contributed by atoms with E-state index in [1.165, 1.54) is 18.2 Å². The molecule has 0 bridgehead atoms. The van der Waals surface area contributed by atoms with Crippen molar-refractivity contribution in [1.29, 1.82) is 0 Å². The van der Waals surface area contributed by atoms with E-state index in [0.29, 0.717) is 5.56 Å². The Morgan fingerprint density at radius 1 is 1.11 bits per heavy atom. The fourth-order valence-electron chi connectivity index (χ4n) is 1.39. The molecule has 0 amide bonds. The van der Waals surface area contributed by atoms with Gasteiger partial charge in [-0.15, -0.1) is 12.4 Å². The number of hydrogen-bond acceptors (Lipinski definition) is 2. The summed E-state index contributed by atoms with van der Waals surface area (Å²) in [5.74, 6) is -0.0232. The molecule has 0 saturated carbocycles. The minimum atomic E-state index is -2.91. The first-order chi connectivity index (χ1) is 7.99. The highest BCUT2D eigenvalue weighted by Gasteiger charge is 2.12. The van der Waals surface area contributed by atoms with Crippen molar-refractivity contribution in [2.75, 3.05) is 0 Å². The molecule has 0 aliphatic heterocycles. The zero-order valence-electron chi connectivity index (χ0n) is 9.36. The van der Waals surface area contributed by atoms with Crippen LogP contribution in [0.5, 0.6) is 5.75 Å². The first-order valence-corrected chi connectivity index (χ1v) is 5.07. The lowest BCUT2D eigenvalue weighted by Crippen LogP contribution is -2.12. The van der Waals surface area contributed by atoms with Crippen LogP contribution in [0.4, 0.5) is 17.6 Å². The van der Waals surface area contributed by atoms with Crippen molar-refractivity contribution in [3.05, 3.63) is 29.8 Å². The van der Waals surface area contributed by atoms with Crippen molar-refractivity contribution in [2.24, 2.45) is 5.73 Å². The molecule has 1 rings (SSSR count). The van der Waals surface area contributed by atoms with Gasteiger partial charge in [0.05, 0.1) is 0 Å². The first kappa shape index (κ1) is 17.0. The zero-order chi connectivity index (χ0) is 12.8. The van der Waals surface area contributed by atoms with Gasteiger partial charge in [0.25, 0.3) is 0 Å². The van der Waals surface area contributed by atoms with E-state index in [1.807, 2.05) is 0 Å². The average molecular weight is 288 g/mol. The van der Waals surface area contributed by atoms with Gasteiger partial charge in [-0.3, -0.25) is 0 Å². The van der Waals surface area contributed by atoms with E-state index in [2.05, 4.69) is 4.74 Å². The predicted octanol–water partition coefficient (Wildman–Crippen LogP) is 3.75. The molecule has 18 heavy (non-hydrogen) atoms. The van der Waals surface area contributed by atoms with Crippen LogP contribution in [0, 0.1) is 0 Å². The summed E-state index contributed by atoms with van der Waals surface area (Å²) in [6.45, 7) is -2.91. The third-order valence-corrected chi connectivity index (χ3v) is 2.21. The summed E-state index contributed by atoms with van der Waals surface area (Å²) in [6, 6.07) is 5.17. The molecule has 2 N–H and O–H groups in total. The fourth-order valence-corrected chi connectivity index (χ4v) is 1.39. The first-order valence-electron chi connectivity index (χ1n) is 5.07. The maximum Gasteiger partial charge on any atom is 0.387 e. The van der Waals surface area contributed by atoms with Gasteiger partial charge in [0, 0.05) is 12.5 Å². The van der Waals surface area contributed by atoms with Crippen molar-refractivity contribution in [1.82, 2.24) is 0 Å². The average Bonchev–Trinajstić information content (AvgIpc) is 2.25. The summed E-state index contributed by atoms with van der Waals surface area (Å²) in [6.07, 6.45) is -2.64. The van der Waals surface area contributed by atoms with E-state index in [9.17, 15) is 17.6 Å². The third-order valence-electron chi connectivity index (χ3n) is 2.21. The Bertz CT molecular complexity index is 352. The molecule has 1 aromatic rings. The van der Waals surface area contributed by atoms with E-state index in [1.54, 1.807) is 6.07 Å². The van der Waals surface area contributed by atoms with E-state index in [-0.39, 0.29) is 31.0 Å². The Hall–Kier alpha value is -1.01. The van der Waals surface area contributed by atoms with E-state index in [0.717, 1.165) is 0 Å². The summed E-state index contributed by atoms with van der Waals surface area (Å²) in [7, 11) is 0. The molecule has 104 valence electrons. The number of nitrogens with two attached hydrogens (primary N) is 1. The second-order valence-corrected chi connectivity index (χ2v) is 3.53. The molecule has 0 saturated heterocycles. The Kier molecular flexibility index (Phi) is 7.70. The van der Waals surface area contributed by atoms with Gasteiger partial charge in [-0.05, 0) is 24.1 Å². The van der Waals surface area contributed by atoms with Gasteiger partial charge in [0.2, 0.25) is 6.43 Å². The van der Waals surface area contributed by atoms with Gasteiger partial charge in [-0.2, -0.15) is 8.78 Å². The van der Waals surface area contributed by atoms with Crippen LogP contribution in [-0.4, -0.2) is 13.0 Å². The van der Waals surface area contributed by atoms with E-state index < -0.39 is 19.1 Å². The van der Waals surface area contributed by atoms with E-state index in [4.69, 9.17) is 5.73 Å². The normalized spacial score (nSPS) is 12.4. The van der Waals surface area contributed by atoms with Crippen LogP contribution in [0.15, 0.2) is 24.3 Å². The van der Waals surface area contributed by atoms with Crippen molar-refractivity contribution in [2.45, 2.75) is 31.9 Å². The predicted molar refractivity (Wildman–Crippen MR) is 62.5 cm³/mol. The van der Waals surface area contributed by atoms with Gasteiger partial charge in [0.1, 0.15) is 5.75 Å². The van der Waals surface area contributed by atoms with Gasteiger partial charge in [-0.1, -0.05) is 12.1 Å². The van der Waals surface area contributed by atoms with Crippen molar-refractivity contribution in [3.63, 3.8) is 0 Å².